The largest absolute Gasteiger partial charge is 0.379 e. The fourth-order valence-corrected chi connectivity index (χ4v) is 7.47. The van der Waals surface area contributed by atoms with Crippen molar-refractivity contribution in [2.45, 2.75) is 45.1 Å². The van der Waals surface area contributed by atoms with E-state index in [1.54, 1.807) is 0 Å². The second-order valence-corrected chi connectivity index (χ2v) is 11.1. The summed E-state index contributed by atoms with van der Waals surface area (Å²) in [5.74, 6) is 2.75. The monoisotopic (exact) mass is 451 g/mol. The van der Waals surface area contributed by atoms with Crippen molar-refractivity contribution >= 4 is 11.6 Å². The molecule has 3 heterocycles. The number of rotatable bonds is 8. The van der Waals surface area contributed by atoms with Crippen LogP contribution in [0.2, 0.25) is 0 Å². The van der Waals surface area contributed by atoms with Gasteiger partial charge < -0.3 is 15.4 Å². The van der Waals surface area contributed by atoms with Crippen molar-refractivity contribution in [2.75, 3.05) is 45.9 Å². The van der Waals surface area contributed by atoms with Crippen LogP contribution in [0.5, 0.6) is 0 Å². The highest BCUT2D eigenvalue weighted by atomic mass is 16.5. The minimum absolute atomic E-state index is 0.0283. The molecule has 5 aliphatic rings. The van der Waals surface area contributed by atoms with E-state index in [0.717, 1.165) is 75.0 Å². The summed E-state index contributed by atoms with van der Waals surface area (Å²) in [5.41, 5.74) is 2.84. The Bertz CT molecular complexity index is 960. The smallest absolute Gasteiger partial charge is 0.268 e. The number of imidazole rings is 1. The molecule has 4 saturated carbocycles. The topological polar surface area (TPSA) is 70.9 Å². The van der Waals surface area contributed by atoms with Crippen LogP contribution < -0.4 is 10.6 Å². The first kappa shape index (κ1) is 21.6. The Morgan fingerprint density at radius 1 is 1.09 bits per heavy atom. The molecular weight excluding hydrogens is 414 g/mol. The molecule has 2 N–H and O–H groups in total. The summed E-state index contributed by atoms with van der Waals surface area (Å²) in [4.78, 5) is 20.4. The average Bonchev–Trinajstić information content (AvgIpc) is 3.23. The van der Waals surface area contributed by atoms with Gasteiger partial charge in [-0.1, -0.05) is 6.07 Å². The molecule has 0 unspecified atom stereocenters. The number of hydrogen-bond acceptors (Lipinski definition) is 5. The van der Waals surface area contributed by atoms with Crippen molar-refractivity contribution in [3.05, 3.63) is 35.8 Å². The number of morpholine rings is 1. The van der Waals surface area contributed by atoms with Crippen molar-refractivity contribution in [2.24, 2.45) is 23.2 Å². The lowest BCUT2D eigenvalue weighted by Crippen LogP contribution is -2.51. The number of nitrogens with one attached hydrogen (secondary N) is 2. The molecule has 33 heavy (non-hydrogen) atoms. The van der Waals surface area contributed by atoms with E-state index in [-0.39, 0.29) is 5.91 Å². The number of nitrogens with zero attached hydrogens (tertiary/aromatic N) is 3. The van der Waals surface area contributed by atoms with E-state index < -0.39 is 0 Å². The molecule has 1 saturated heterocycles. The minimum atomic E-state index is 0.0283. The highest BCUT2D eigenvalue weighted by Gasteiger charge is 2.50. The van der Waals surface area contributed by atoms with Crippen LogP contribution >= 0.6 is 0 Å². The lowest BCUT2D eigenvalue weighted by Gasteiger charge is -2.56. The molecule has 0 atom stereocenters. The molecule has 0 spiro atoms. The summed E-state index contributed by atoms with van der Waals surface area (Å²) < 4.78 is 7.36. The van der Waals surface area contributed by atoms with Crippen LogP contribution in [0.15, 0.2) is 24.4 Å². The van der Waals surface area contributed by atoms with Crippen LogP contribution in [0.3, 0.4) is 0 Å². The second-order valence-electron chi connectivity index (χ2n) is 11.1. The minimum Gasteiger partial charge on any atom is -0.379 e. The van der Waals surface area contributed by atoms with Gasteiger partial charge in [-0.25, -0.2) is 4.98 Å². The van der Waals surface area contributed by atoms with Gasteiger partial charge in [-0.3, -0.25) is 14.1 Å². The van der Waals surface area contributed by atoms with Gasteiger partial charge >= 0.3 is 0 Å². The number of ether oxygens (including phenoxy) is 1. The first-order valence-corrected chi connectivity index (χ1v) is 12.9. The maximum absolute atomic E-state index is 13.2. The highest BCUT2D eigenvalue weighted by molar-refractivity contribution is 5.93. The van der Waals surface area contributed by atoms with Gasteiger partial charge in [0.05, 0.1) is 18.9 Å². The Kier molecular flexibility index (Phi) is 5.88. The fraction of sp³-hybridized carbons (Fsp3) is 0.692. The van der Waals surface area contributed by atoms with Crippen LogP contribution in [0.1, 0.15) is 54.7 Å². The zero-order valence-electron chi connectivity index (χ0n) is 19.6. The predicted octanol–water partition coefficient (Wildman–Crippen LogP) is 2.70. The van der Waals surface area contributed by atoms with Gasteiger partial charge in [0.2, 0.25) is 0 Å². The molecule has 0 aromatic carbocycles. The van der Waals surface area contributed by atoms with Crippen LogP contribution in [-0.4, -0.2) is 66.1 Å². The summed E-state index contributed by atoms with van der Waals surface area (Å²) in [7, 11) is 0. The number of aromatic nitrogens is 2. The summed E-state index contributed by atoms with van der Waals surface area (Å²) in [6, 6.07) is 5.84. The second kappa shape index (κ2) is 9.01. The number of carbonyl (C=O) groups excluding carboxylic acids is 1. The zero-order chi connectivity index (χ0) is 22.3. The number of hydrogen-bond donors (Lipinski definition) is 2. The van der Waals surface area contributed by atoms with Crippen molar-refractivity contribution in [3.8, 4) is 0 Å². The number of fused-ring (bicyclic) bond motifs is 1. The zero-order valence-corrected chi connectivity index (χ0v) is 19.6. The lowest BCUT2D eigenvalue weighted by molar-refractivity contribution is -0.0503. The third-order valence-electron chi connectivity index (χ3n) is 8.58. The fourth-order valence-electron chi connectivity index (χ4n) is 7.47. The van der Waals surface area contributed by atoms with Crippen molar-refractivity contribution < 1.29 is 9.53 Å². The molecule has 7 heteroatoms. The normalized spacial score (nSPS) is 31.3. The van der Waals surface area contributed by atoms with E-state index in [4.69, 9.17) is 9.72 Å². The first-order chi connectivity index (χ1) is 16.2. The van der Waals surface area contributed by atoms with E-state index in [9.17, 15) is 4.79 Å². The summed E-state index contributed by atoms with van der Waals surface area (Å²) in [5, 5.41) is 6.83. The molecule has 178 valence electrons. The van der Waals surface area contributed by atoms with E-state index >= 15 is 0 Å². The van der Waals surface area contributed by atoms with E-state index in [2.05, 4.69) is 15.5 Å². The molecular formula is C26H37N5O2. The quantitative estimate of drug-likeness (QED) is 0.604. The van der Waals surface area contributed by atoms with Gasteiger partial charge in [0.15, 0.2) is 0 Å². The molecule has 4 aliphatic carbocycles. The SMILES string of the molecule is O=C(NCC12CC3CC(CC(C3)C1)C2)c1cccc2nc(CNCCN3CCOCC3)cn12. The lowest BCUT2D eigenvalue weighted by atomic mass is 9.49. The van der Waals surface area contributed by atoms with Gasteiger partial charge in [0.1, 0.15) is 11.3 Å². The van der Waals surface area contributed by atoms with Crippen LogP contribution in [0.4, 0.5) is 0 Å². The van der Waals surface area contributed by atoms with Crippen molar-refractivity contribution in [1.29, 1.82) is 0 Å². The van der Waals surface area contributed by atoms with Gasteiger partial charge in [-0.05, 0) is 73.8 Å². The third-order valence-corrected chi connectivity index (χ3v) is 8.58. The van der Waals surface area contributed by atoms with Crippen LogP contribution in [-0.2, 0) is 11.3 Å². The van der Waals surface area contributed by atoms with E-state index in [1.165, 1.54) is 38.5 Å². The first-order valence-electron chi connectivity index (χ1n) is 12.9. The molecule has 5 fully saturated rings. The highest BCUT2D eigenvalue weighted by Crippen LogP contribution is 2.59. The summed E-state index contributed by atoms with van der Waals surface area (Å²) >= 11 is 0. The molecule has 4 bridgehead atoms. The average molecular weight is 452 g/mol. The molecule has 2 aromatic heterocycles. The van der Waals surface area contributed by atoms with Gasteiger partial charge in [-0.15, -0.1) is 0 Å². The van der Waals surface area contributed by atoms with Crippen LogP contribution in [0.25, 0.3) is 5.65 Å². The molecule has 7 nitrogen and oxygen atoms in total. The summed E-state index contributed by atoms with van der Waals surface area (Å²) in [6.07, 6.45) is 10.3. The molecule has 2 aromatic rings. The van der Waals surface area contributed by atoms with Gasteiger partial charge in [0.25, 0.3) is 5.91 Å². The predicted molar refractivity (Wildman–Crippen MR) is 127 cm³/mol. The maximum Gasteiger partial charge on any atom is 0.268 e. The van der Waals surface area contributed by atoms with Crippen LogP contribution in [0, 0.1) is 23.2 Å². The van der Waals surface area contributed by atoms with Gasteiger partial charge in [0, 0.05) is 45.5 Å². The van der Waals surface area contributed by atoms with Crippen molar-refractivity contribution in [1.82, 2.24) is 24.9 Å². The Hall–Kier alpha value is -1.96. The van der Waals surface area contributed by atoms with E-state index in [1.807, 2.05) is 28.8 Å². The Morgan fingerprint density at radius 3 is 2.55 bits per heavy atom. The molecule has 0 radical (unpaired) electrons. The Morgan fingerprint density at radius 2 is 1.82 bits per heavy atom. The standard InChI is InChI=1S/C26H37N5O2/c32-25(28-18-26-13-19-10-20(14-26)12-21(11-19)15-26)23-2-1-3-24-29-22(17-31(23)24)16-27-4-5-30-6-8-33-9-7-30/h1-3,17,19-21,27H,4-16,18H2,(H,28,32). The number of amides is 1. The summed E-state index contributed by atoms with van der Waals surface area (Å²) in [6.45, 7) is 7.17. The van der Waals surface area contributed by atoms with Crippen molar-refractivity contribution in [3.63, 3.8) is 0 Å². The Labute approximate surface area is 196 Å². The molecule has 1 amide bonds. The van der Waals surface area contributed by atoms with Gasteiger partial charge in [-0.2, -0.15) is 0 Å². The molecule has 7 rings (SSSR count). The third kappa shape index (κ3) is 4.55. The molecule has 1 aliphatic heterocycles. The number of carbonyl (C=O) groups is 1. The maximum atomic E-state index is 13.2. The number of pyridine rings is 1. The van der Waals surface area contributed by atoms with E-state index in [0.29, 0.717) is 17.7 Å². The Balaban J connectivity index is 1.06.